The van der Waals surface area contributed by atoms with E-state index in [4.69, 9.17) is 4.52 Å². The van der Waals surface area contributed by atoms with Crippen LogP contribution in [0.15, 0.2) is 39.9 Å². The lowest BCUT2D eigenvalue weighted by Gasteiger charge is -2.23. The third-order valence-electron chi connectivity index (χ3n) is 4.07. The van der Waals surface area contributed by atoms with E-state index in [9.17, 15) is 4.79 Å². The number of thiophene rings is 1. The molecule has 1 aliphatic rings. The molecule has 0 N–H and O–H groups in total. The molecule has 0 saturated carbocycles. The van der Waals surface area contributed by atoms with Crippen molar-refractivity contribution in [1.29, 1.82) is 0 Å². The molecule has 4 rings (SSSR count). The van der Waals surface area contributed by atoms with Crippen LogP contribution < -0.4 is 0 Å². The summed E-state index contributed by atoms with van der Waals surface area (Å²) in [5.41, 5.74) is 1.30. The first kappa shape index (κ1) is 14.9. The van der Waals surface area contributed by atoms with Gasteiger partial charge in [0.1, 0.15) is 5.69 Å². The molecule has 1 amide bonds. The Kier molecular flexibility index (Phi) is 4.04. The molecule has 7 nitrogen and oxygen atoms in total. The molecule has 1 fully saturated rings. The number of likely N-dealkylation sites (tertiary alicyclic amines) is 1. The van der Waals surface area contributed by atoms with Crippen molar-refractivity contribution in [1.82, 2.24) is 25.0 Å². The van der Waals surface area contributed by atoms with Crippen molar-refractivity contribution in [2.24, 2.45) is 0 Å². The van der Waals surface area contributed by atoms with Gasteiger partial charge in [0.15, 0.2) is 5.82 Å². The topological polar surface area (TPSA) is 85.0 Å². The van der Waals surface area contributed by atoms with E-state index in [1.165, 1.54) is 11.3 Å². The number of carbonyl (C=O) groups excluding carboxylic acids is 1. The molecule has 0 radical (unpaired) electrons. The number of nitrogens with zero attached hydrogens (tertiary/aromatic N) is 5. The lowest BCUT2D eigenvalue weighted by atomic mass is 10.1. The number of hydrogen-bond donors (Lipinski definition) is 0. The Bertz CT molecular complexity index is 818. The fourth-order valence-electron chi connectivity index (χ4n) is 2.93. The van der Waals surface area contributed by atoms with Crippen molar-refractivity contribution in [2.45, 2.75) is 25.3 Å². The van der Waals surface area contributed by atoms with Gasteiger partial charge in [-0.05, 0) is 24.3 Å². The maximum absolute atomic E-state index is 12.6. The zero-order chi connectivity index (χ0) is 16.4. The van der Waals surface area contributed by atoms with Gasteiger partial charge in [-0.3, -0.25) is 9.78 Å². The molecule has 1 unspecified atom stereocenters. The van der Waals surface area contributed by atoms with Gasteiger partial charge >= 0.3 is 0 Å². The van der Waals surface area contributed by atoms with Gasteiger partial charge in [-0.25, -0.2) is 4.98 Å². The van der Waals surface area contributed by atoms with Crippen LogP contribution in [0.2, 0.25) is 0 Å². The molecule has 3 aromatic heterocycles. The molecule has 0 bridgehead atoms. The molecular formula is C16H15N5O2S. The summed E-state index contributed by atoms with van der Waals surface area (Å²) in [4.78, 5) is 27.0. The second kappa shape index (κ2) is 6.48. The van der Waals surface area contributed by atoms with Gasteiger partial charge in [0.2, 0.25) is 0 Å². The minimum atomic E-state index is 0.0800. The molecule has 24 heavy (non-hydrogen) atoms. The molecule has 0 aliphatic carbocycles. The van der Waals surface area contributed by atoms with E-state index in [2.05, 4.69) is 20.1 Å². The summed E-state index contributed by atoms with van der Waals surface area (Å²) >= 11 is 1.53. The summed E-state index contributed by atoms with van der Waals surface area (Å²) in [6.45, 7) is 0.772. The fraction of sp³-hybridized carbons (Fsp3) is 0.312. The van der Waals surface area contributed by atoms with Crippen LogP contribution in [0, 0.1) is 0 Å². The van der Waals surface area contributed by atoms with Crippen LogP contribution in [0.25, 0.3) is 11.6 Å². The van der Waals surface area contributed by atoms with Crippen LogP contribution in [0.3, 0.4) is 0 Å². The molecular weight excluding hydrogens is 326 g/mol. The van der Waals surface area contributed by atoms with Crippen LogP contribution in [0.5, 0.6) is 0 Å². The van der Waals surface area contributed by atoms with Crippen molar-refractivity contribution in [3.05, 3.63) is 46.8 Å². The monoisotopic (exact) mass is 341 g/mol. The van der Waals surface area contributed by atoms with Crippen molar-refractivity contribution in [3.63, 3.8) is 0 Å². The minimum absolute atomic E-state index is 0.0800. The van der Waals surface area contributed by atoms with Crippen molar-refractivity contribution in [2.75, 3.05) is 6.54 Å². The third-order valence-corrected chi connectivity index (χ3v) is 4.76. The highest BCUT2D eigenvalue weighted by molar-refractivity contribution is 7.08. The molecule has 1 atom stereocenters. The first-order chi connectivity index (χ1) is 11.8. The second-order valence-corrected chi connectivity index (χ2v) is 6.40. The van der Waals surface area contributed by atoms with E-state index in [-0.39, 0.29) is 11.9 Å². The highest BCUT2D eigenvalue weighted by Crippen LogP contribution is 2.24. The Hall–Kier alpha value is -2.61. The maximum Gasteiger partial charge on any atom is 0.278 e. The van der Waals surface area contributed by atoms with E-state index in [1.807, 2.05) is 21.7 Å². The van der Waals surface area contributed by atoms with Gasteiger partial charge < -0.3 is 9.42 Å². The predicted molar refractivity (Wildman–Crippen MR) is 87.4 cm³/mol. The normalized spacial score (nSPS) is 17.3. The molecule has 1 aliphatic heterocycles. The molecule has 0 spiro atoms. The highest BCUT2D eigenvalue weighted by atomic mass is 32.1. The minimum Gasteiger partial charge on any atom is -0.335 e. The summed E-state index contributed by atoms with van der Waals surface area (Å²) < 4.78 is 5.26. The molecule has 8 heteroatoms. The maximum atomic E-state index is 12.6. The molecule has 122 valence electrons. The smallest absolute Gasteiger partial charge is 0.278 e. The second-order valence-electron chi connectivity index (χ2n) is 5.62. The number of rotatable bonds is 4. The van der Waals surface area contributed by atoms with Gasteiger partial charge in [-0.1, -0.05) is 5.16 Å². The Morgan fingerprint density at radius 3 is 3.17 bits per heavy atom. The van der Waals surface area contributed by atoms with Crippen molar-refractivity contribution in [3.8, 4) is 11.6 Å². The molecule has 0 aromatic carbocycles. The van der Waals surface area contributed by atoms with Crippen LogP contribution >= 0.6 is 11.3 Å². The average molecular weight is 341 g/mol. The van der Waals surface area contributed by atoms with E-state index in [0.717, 1.165) is 24.9 Å². The van der Waals surface area contributed by atoms with Gasteiger partial charge in [0.05, 0.1) is 11.8 Å². The molecule has 4 heterocycles. The number of carbonyl (C=O) groups is 1. The van der Waals surface area contributed by atoms with Gasteiger partial charge in [0, 0.05) is 36.8 Å². The first-order valence-electron chi connectivity index (χ1n) is 7.73. The van der Waals surface area contributed by atoms with Gasteiger partial charge in [0.25, 0.3) is 11.8 Å². The molecule has 1 saturated heterocycles. The van der Waals surface area contributed by atoms with Crippen LogP contribution in [0.4, 0.5) is 0 Å². The first-order valence-corrected chi connectivity index (χ1v) is 8.67. The summed E-state index contributed by atoms with van der Waals surface area (Å²) in [5, 5.41) is 7.83. The van der Waals surface area contributed by atoms with Gasteiger partial charge in [-0.15, -0.1) is 0 Å². The van der Waals surface area contributed by atoms with Gasteiger partial charge in [-0.2, -0.15) is 16.3 Å². The molecule has 3 aromatic rings. The Balaban J connectivity index is 1.49. The van der Waals surface area contributed by atoms with E-state index >= 15 is 0 Å². The summed E-state index contributed by atoms with van der Waals surface area (Å²) in [7, 11) is 0. The zero-order valence-electron chi connectivity index (χ0n) is 12.8. The summed E-state index contributed by atoms with van der Waals surface area (Å²) in [5.74, 6) is 1.02. The van der Waals surface area contributed by atoms with E-state index < -0.39 is 0 Å². The lowest BCUT2D eigenvalue weighted by molar-refractivity contribution is 0.0735. The SMILES string of the molecule is O=C(c1ccsc1)N1CCCC1Cc1noc(-c2cnccn2)n1. The van der Waals surface area contributed by atoms with Crippen LogP contribution in [-0.2, 0) is 6.42 Å². The fourth-order valence-corrected chi connectivity index (χ4v) is 3.56. The van der Waals surface area contributed by atoms with Crippen LogP contribution in [-0.4, -0.2) is 43.5 Å². The Morgan fingerprint density at radius 2 is 2.38 bits per heavy atom. The van der Waals surface area contributed by atoms with E-state index in [1.54, 1.807) is 18.6 Å². The largest absolute Gasteiger partial charge is 0.335 e. The Labute approximate surface area is 142 Å². The lowest BCUT2D eigenvalue weighted by Crippen LogP contribution is -2.36. The Morgan fingerprint density at radius 1 is 1.42 bits per heavy atom. The third kappa shape index (κ3) is 2.92. The number of aromatic nitrogens is 4. The van der Waals surface area contributed by atoms with Crippen molar-refractivity contribution < 1.29 is 9.32 Å². The van der Waals surface area contributed by atoms with E-state index in [0.29, 0.717) is 23.8 Å². The average Bonchev–Trinajstić information content (AvgIpc) is 3.37. The summed E-state index contributed by atoms with van der Waals surface area (Å²) in [6, 6.07) is 1.97. The quantitative estimate of drug-likeness (QED) is 0.724. The number of amides is 1. The van der Waals surface area contributed by atoms with Crippen LogP contribution in [0.1, 0.15) is 29.0 Å². The predicted octanol–water partition coefficient (Wildman–Crippen LogP) is 2.44. The number of hydrogen-bond acceptors (Lipinski definition) is 7. The standard InChI is InChI=1S/C16H15N5O2S/c22-16(11-3-7-24-10-11)21-6-1-2-12(21)8-14-19-15(23-20-14)13-9-17-4-5-18-13/h3-5,7,9-10,12H,1-2,6,8H2. The highest BCUT2D eigenvalue weighted by Gasteiger charge is 2.31. The summed E-state index contributed by atoms with van der Waals surface area (Å²) in [6.07, 6.45) is 7.28. The van der Waals surface area contributed by atoms with Crippen molar-refractivity contribution >= 4 is 17.2 Å². The zero-order valence-corrected chi connectivity index (χ0v) is 13.6.